The molecule has 1 aromatic rings. The minimum Gasteiger partial charge on any atom is -0.366 e. The Morgan fingerprint density at radius 1 is 1.72 bits per heavy atom. The Labute approximate surface area is 107 Å². The molecule has 0 spiro atoms. The molecule has 1 fully saturated rings. The molecule has 1 aromatic heterocycles. The molecule has 1 amide bonds. The van der Waals surface area contributed by atoms with Gasteiger partial charge in [0.05, 0.1) is 12.8 Å². The van der Waals surface area contributed by atoms with Gasteiger partial charge in [0.2, 0.25) is 0 Å². The molecule has 2 heterocycles. The van der Waals surface area contributed by atoms with Crippen molar-refractivity contribution < 1.29 is 9.53 Å². The molecule has 1 N–H and O–H groups in total. The number of aromatic nitrogens is 2. The predicted molar refractivity (Wildman–Crippen MR) is 66.9 cm³/mol. The van der Waals surface area contributed by atoms with Crippen molar-refractivity contribution in [3.05, 3.63) is 18.0 Å². The van der Waals surface area contributed by atoms with E-state index in [1.807, 2.05) is 20.2 Å². The highest BCUT2D eigenvalue weighted by atomic mass is 16.5. The molecule has 1 aliphatic heterocycles. The number of morpholine rings is 1. The molecule has 0 bridgehead atoms. The van der Waals surface area contributed by atoms with Crippen molar-refractivity contribution in [1.82, 2.24) is 20.0 Å². The molecule has 1 unspecified atom stereocenters. The monoisotopic (exact) mass is 252 g/mol. The van der Waals surface area contributed by atoms with Gasteiger partial charge in [-0.05, 0) is 6.92 Å². The number of rotatable bonds is 4. The highest BCUT2D eigenvalue weighted by Crippen LogP contribution is 2.08. The second-order valence-electron chi connectivity index (χ2n) is 4.44. The zero-order valence-electron chi connectivity index (χ0n) is 10.9. The van der Waals surface area contributed by atoms with Gasteiger partial charge in [-0.1, -0.05) is 0 Å². The number of hydrogen-bond donors (Lipinski definition) is 1. The molecule has 1 atom stereocenters. The van der Waals surface area contributed by atoms with Gasteiger partial charge in [0.25, 0.3) is 5.91 Å². The minimum absolute atomic E-state index is 0.0496. The van der Waals surface area contributed by atoms with Crippen LogP contribution in [0.5, 0.6) is 0 Å². The molecular formula is C12H20N4O2. The van der Waals surface area contributed by atoms with Crippen molar-refractivity contribution in [1.29, 1.82) is 0 Å². The first-order chi connectivity index (χ1) is 8.70. The molecule has 0 radical (unpaired) electrons. The van der Waals surface area contributed by atoms with E-state index in [4.69, 9.17) is 4.74 Å². The number of carbonyl (C=O) groups excluding carboxylic acids is 1. The quantitative estimate of drug-likeness (QED) is 0.803. The average Bonchev–Trinajstić information content (AvgIpc) is 2.82. The van der Waals surface area contributed by atoms with Crippen LogP contribution in [0.2, 0.25) is 0 Å². The molecule has 0 aliphatic carbocycles. The summed E-state index contributed by atoms with van der Waals surface area (Å²) in [5, 5.41) is 7.28. The van der Waals surface area contributed by atoms with Crippen LogP contribution in [-0.4, -0.2) is 52.9 Å². The summed E-state index contributed by atoms with van der Waals surface area (Å²) in [6, 6.07) is 0. The zero-order valence-corrected chi connectivity index (χ0v) is 10.9. The lowest BCUT2D eigenvalue weighted by Crippen LogP contribution is -2.49. The minimum atomic E-state index is -0.352. The van der Waals surface area contributed by atoms with Gasteiger partial charge in [-0.3, -0.25) is 9.48 Å². The maximum absolute atomic E-state index is 12.3. The van der Waals surface area contributed by atoms with E-state index in [9.17, 15) is 4.79 Å². The third-order valence-electron chi connectivity index (χ3n) is 3.03. The van der Waals surface area contributed by atoms with Crippen molar-refractivity contribution in [3.8, 4) is 0 Å². The summed E-state index contributed by atoms with van der Waals surface area (Å²) in [5.74, 6) is 0.0496. The Morgan fingerprint density at radius 3 is 3.11 bits per heavy atom. The summed E-state index contributed by atoms with van der Waals surface area (Å²) in [5.41, 5.74) is 1.04. The second-order valence-corrected chi connectivity index (χ2v) is 4.44. The highest BCUT2D eigenvalue weighted by molar-refractivity contribution is 5.81. The summed E-state index contributed by atoms with van der Waals surface area (Å²) in [6.45, 7) is 5.25. The molecule has 1 saturated heterocycles. The van der Waals surface area contributed by atoms with Crippen LogP contribution in [0.15, 0.2) is 12.4 Å². The number of likely N-dealkylation sites (N-methyl/N-ethyl adjacent to an activating group) is 1. The standard InChI is InChI=1S/C12H20N4O2/c1-3-16(9-10-6-14-15(2)8-10)12(17)11-7-13-4-5-18-11/h6,8,11,13H,3-5,7,9H2,1-2H3. The van der Waals surface area contributed by atoms with Gasteiger partial charge in [-0.2, -0.15) is 5.10 Å². The SMILES string of the molecule is CCN(Cc1cnn(C)c1)C(=O)C1CNCCO1. The van der Waals surface area contributed by atoms with Gasteiger partial charge in [0.15, 0.2) is 0 Å². The molecule has 6 heteroatoms. The van der Waals surface area contributed by atoms with Crippen molar-refractivity contribution in [2.24, 2.45) is 7.05 Å². The first-order valence-corrected chi connectivity index (χ1v) is 6.29. The first-order valence-electron chi connectivity index (χ1n) is 6.29. The normalized spacial score (nSPS) is 19.8. The third kappa shape index (κ3) is 3.08. The third-order valence-corrected chi connectivity index (χ3v) is 3.03. The summed E-state index contributed by atoms with van der Waals surface area (Å²) in [7, 11) is 1.87. The molecule has 2 rings (SSSR count). The molecule has 1 aliphatic rings. The summed E-state index contributed by atoms with van der Waals surface area (Å²) < 4.78 is 7.23. The van der Waals surface area contributed by atoms with E-state index in [2.05, 4.69) is 10.4 Å². The number of nitrogens with one attached hydrogen (secondary N) is 1. The number of hydrogen-bond acceptors (Lipinski definition) is 4. The van der Waals surface area contributed by atoms with Crippen molar-refractivity contribution >= 4 is 5.91 Å². The fourth-order valence-corrected chi connectivity index (χ4v) is 2.05. The van der Waals surface area contributed by atoms with Gasteiger partial charge in [-0.15, -0.1) is 0 Å². The van der Waals surface area contributed by atoms with Crippen LogP contribution in [-0.2, 0) is 23.1 Å². The Hall–Kier alpha value is -1.40. The molecule has 0 aromatic carbocycles. The van der Waals surface area contributed by atoms with Crippen molar-refractivity contribution in [3.63, 3.8) is 0 Å². The van der Waals surface area contributed by atoms with Gasteiger partial charge >= 0.3 is 0 Å². The Morgan fingerprint density at radius 2 is 2.56 bits per heavy atom. The van der Waals surface area contributed by atoms with Crippen LogP contribution in [0, 0.1) is 0 Å². The van der Waals surface area contributed by atoms with E-state index in [-0.39, 0.29) is 12.0 Å². The maximum atomic E-state index is 12.3. The Bertz CT molecular complexity index is 399. The van der Waals surface area contributed by atoms with Crippen molar-refractivity contribution in [2.45, 2.75) is 19.6 Å². The van der Waals surface area contributed by atoms with Gasteiger partial charge in [0.1, 0.15) is 6.10 Å². The van der Waals surface area contributed by atoms with Gasteiger partial charge < -0.3 is 15.0 Å². The van der Waals surface area contributed by atoms with Gasteiger partial charge in [-0.25, -0.2) is 0 Å². The number of carbonyl (C=O) groups is 1. The molecule has 0 saturated carbocycles. The fourth-order valence-electron chi connectivity index (χ4n) is 2.05. The molecule has 6 nitrogen and oxygen atoms in total. The van der Waals surface area contributed by atoms with E-state index in [1.165, 1.54) is 0 Å². The van der Waals surface area contributed by atoms with Crippen molar-refractivity contribution in [2.75, 3.05) is 26.2 Å². The van der Waals surface area contributed by atoms with Crippen LogP contribution in [0.25, 0.3) is 0 Å². The van der Waals surface area contributed by atoms with Crippen LogP contribution in [0.3, 0.4) is 0 Å². The topological polar surface area (TPSA) is 59.4 Å². The predicted octanol–water partition coefficient (Wildman–Crippen LogP) is -0.243. The molecule has 100 valence electrons. The maximum Gasteiger partial charge on any atom is 0.253 e. The largest absolute Gasteiger partial charge is 0.366 e. The summed E-state index contributed by atoms with van der Waals surface area (Å²) >= 11 is 0. The first kappa shape index (κ1) is 13.0. The number of nitrogens with zero attached hydrogens (tertiary/aromatic N) is 3. The van der Waals surface area contributed by atoms with E-state index in [0.717, 1.165) is 12.1 Å². The lowest BCUT2D eigenvalue weighted by molar-refractivity contribution is -0.145. The molecule has 18 heavy (non-hydrogen) atoms. The van der Waals surface area contributed by atoms with Crippen LogP contribution in [0.4, 0.5) is 0 Å². The fraction of sp³-hybridized carbons (Fsp3) is 0.667. The van der Waals surface area contributed by atoms with E-state index in [1.54, 1.807) is 15.8 Å². The Kier molecular flexibility index (Phi) is 4.33. The Balaban J connectivity index is 1.96. The zero-order chi connectivity index (χ0) is 13.0. The van der Waals surface area contributed by atoms with E-state index < -0.39 is 0 Å². The number of ether oxygens (including phenoxy) is 1. The highest BCUT2D eigenvalue weighted by Gasteiger charge is 2.26. The number of aryl methyl sites for hydroxylation is 1. The van der Waals surface area contributed by atoms with Crippen LogP contribution in [0.1, 0.15) is 12.5 Å². The van der Waals surface area contributed by atoms with E-state index in [0.29, 0.717) is 26.2 Å². The lowest BCUT2D eigenvalue weighted by atomic mass is 10.2. The summed E-state index contributed by atoms with van der Waals surface area (Å²) in [4.78, 5) is 14.1. The number of amides is 1. The van der Waals surface area contributed by atoms with Gasteiger partial charge in [0, 0.05) is 45.0 Å². The lowest BCUT2D eigenvalue weighted by Gasteiger charge is -2.28. The smallest absolute Gasteiger partial charge is 0.253 e. The second kappa shape index (κ2) is 5.97. The van der Waals surface area contributed by atoms with Crippen LogP contribution >= 0.6 is 0 Å². The molecular weight excluding hydrogens is 232 g/mol. The van der Waals surface area contributed by atoms with E-state index >= 15 is 0 Å². The van der Waals surface area contributed by atoms with Crippen LogP contribution < -0.4 is 5.32 Å². The average molecular weight is 252 g/mol. The summed E-state index contributed by atoms with van der Waals surface area (Å²) in [6.07, 6.45) is 3.36.